The summed E-state index contributed by atoms with van der Waals surface area (Å²) in [6, 6.07) is 5.83. The highest BCUT2D eigenvalue weighted by molar-refractivity contribution is 6.32. The second-order valence-corrected chi connectivity index (χ2v) is 11.8. The molecule has 1 N–H and O–H groups in total. The molecular weight excluding hydrogens is 629 g/mol. The van der Waals surface area contributed by atoms with Crippen molar-refractivity contribution in [2.45, 2.75) is 63.5 Å². The molecule has 1 aliphatic carbocycles. The van der Waals surface area contributed by atoms with Gasteiger partial charge in [-0.05, 0) is 60.7 Å². The van der Waals surface area contributed by atoms with Crippen LogP contribution in [0, 0.1) is 0 Å². The lowest BCUT2D eigenvalue weighted by Gasteiger charge is -2.38. The standard InChI is InChI=1S/C29H34ClF3N10O3/c1-19(15-42-18-36-39-40-42)46-26-12-20(2-7-24(26)30)21-13-34-28(35-14-21)37-25-16-43(38-27(25)45-17-29(31,32)33)23-5-3-22(4-6-23)41-8-10-44-11-9-41/h2,7,12-14,16,18-19,22-23H,3-6,8-11,15,17H2,1H3,(H,34,35,37)/t19?,22-,23-. The number of aromatic nitrogens is 8. The van der Waals surface area contributed by atoms with Crippen LogP contribution in [0.15, 0.2) is 43.1 Å². The highest BCUT2D eigenvalue weighted by atomic mass is 35.5. The summed E-state index contributed by atoms with van der Waals surface area (Å²) in [4.78, 5) is 11.3. The van der Waals surface area contributed by atoms with Gasteiger partial charge >= 0.3 is 6.18 Å². The summed E-state index contributed by atoms with van der Waals surface area (Å²) < 4.78 is 59.0. The molecule has 6 rings (SSSR count). The number of hydrogen-bond donors (Lipinski definition) is 1. The molecule has 2 fully saturated rings. The molecule has 2 aliphatic rings. The normalized spacial score (nSPS) is 19.9. The van der Waals surface area contributed by atoms with Gasteiger partial charge in [-0.2, -0.15) is 13.2 Å². The average molecular weight is 663 g/mol. The SMILES string of the molecule is CC(Cn1cnnn1)Oc1cc(-c2cnc(Nc3cn([C@H]4CC[C@H](N5CCOCC5)CC4)nc3OCC(F)(F)F)nc2)ccc1Cl. The highest BCUT2D eigenvalue weighted by Crippen LogP contribution is 2.36. The van der Waals surface area contributed by atoms with E-state index in [9.17, 15) is 13.2 Å². The molecule has 46 heavy (non-hydrogen) atoms. The van der Waals surface area contributed by atoms with Crippen molar-refractivity contribution in [2.75, 3.05) is 38.2 Å². The Kier molecular flexibility index (Phi) is 9.84. The maximum Gasteiger partial charge on any atom is 0.422 e. The number of benzene rings is 1. The Labute approximate surface area is 268 Å². The molecule has 0 spiro atoms. The predicted molar refractivity (Wildman–Crippen MR) is 161 cm³/mol. The molecule has 1 aromatic carbocycles. The van der Waals surface area contributed by atoms with Gasteiger partial charge in [0.05, 0.1) is 37.0 Å². The van der Waals surface area contributed by atoms with Crippen LogP contribution in [0.25, 0.3) is 11.1 Å². The van der Waals surface area contributed by atoms with Crippen molar-refractivity contribution in [3.05, 3.63) is 48.1 Å². The summed E-state index contributed by atoms with van der Waals surface area (Å²) in [5.74, 6) is 0.493. The van der Waals surface area contributed by atoms with Gasteiger partial charge in [0.15, 0.2) is 6.61 Å². The van der Waals surface area contributed by atoms with Crippen LogP contribution in [0.2, 0.25) is 5.02 Å². The Hall–Kier alpha value is -4.02. The minimum Gasteiger partial charge on any atom is -0.487 e. The van der Waals surface area contributed by atoms with Crippen molar-refractivity contribution in [1.82, 2.24) is 44.9 Å². The number of halogens is 4. The van der Waals surface area contributed by atoms with Gasteiger partial charge in [0.2, 0.25) is 5.95 Å². The highest BCUT2D eigenvalue weighted by Gasteiger charge is 2.32. The fourth-order valence-electron chi connectivity index (χ4n) is 5.75. The third-order valence-electron chi connectivity index (χ3n) is 8.00. The Bertz CT molecular complexity index is 1560. The molecule has 13 nitrogen and oxygen atoms in total. The van der Waals surface area contributed by atoms with E-state index >= 15 is 0 Å². The van der Waals surface area contributed by atoms with Gasteiger partial charge in [0.1, 0.15) is 23.9 Å². The van der Waals surface area contributed by atoms with E-state index in [1.807, 2.05) is 13.0 Å². The number of nitrogens with zero attached hydrogens (tertiary/aromatic N) is 9. The van der Waals surface area contributed by atoms with Crippen molar-refractivity contribution in [2.24, 2.45) is 0 Å². The Morgan fingerprint density at radius 1 is 1.07 bits per heavy atom. The maximum atomic E-state index is 13.1. The van der Waals surface area contributed by atoms with Crippen LogP contribution in [0.3, 0.4) is 0 Å². The summed E-state index contributed by atoms with van der Waals surface area (Å²) >= 11 is 6.38. The minimum atomic E-state index is -4.51. The third-order valence-corrected chi connectivity index (χ3v) is 8.31. The van der Waals surface area contributed by atoms with E-state index in [1.165, 1.54) is 6.33 Å². The molecule has 1 saturated heterocycles. The van der Waals surface area contributed by atoms with Crippen molar-refractivity contribution in [1.29, 1.82) is 0 Å². The summed E-state index contributed by atoms with van der Waals surface area (Å²) in [6.45, 7) is 4.18. The van der Waals surface area contributed by atoms with E-state index in [2.05, 4.69) is 40.8 Å². The van der Waals surface area contributed by atoms with Crippen LogP contribution in [0.4, 0.5) is 24.8 Å². The molecule has 1 saturated carbocycles. The zero-order chi connectivity index (χ0) is 32.1. The zero-order valence-corrected chi connectivity index (χ0v) is 25.9. The van der Waals surface area contributed by atoms with Crippen LogP contribution in [0.1, 0.15) is 38.6 Å². The first-order valence-electron chi connectivity index (χ1n) is 15.1. The number of hydrogen-bond acceptors (Lipinski definition) is 11. The number of anilines is 2. The molecule has 0 radical (unpaired) electrons. The molecule has 1 atom stereocenters. The first kappa shape index (κ1) is 31.9. The van der Waals surface area contributed by atoms with Crippen molar-refractivity contribution >= 4 is 23.2 Å². The van der Waals surface area contributed by atoms with Gasteiger partial charge in [0, 0.05) is 37.1 Å². The lowest BCUT2D eigenvalue weighted by molar-refractivity contribution is -0.154. The van der Waals surface area contributed by atoms with Gasteiger partial charge in [-0.25, -0.2) is 14.6 Å². The number of rotatable bonds is 11. The van der Waals surface area contributed by atoms with Crippen LogP contribution in [-0.2, 0) is 11.3 Å². The molecule has 0 bridgehead atoms. The molecule has 17 heteroatoms. The van der Waals surface area contributed by atoms with Gasteiger partial charge < -0.3 is 19.5 Å². The average Bonchev–Trinajstić information content (AvgIpc) is 3.72. The van der Waals surface area contributed by atoms with Crippen LogP contribution >= 0.6 is 11.6 Å². The molecule has 1 unspecified atom stereocenters. The summed E-state index contributed by atoms with van der Waals surface area (Å²) in [5, 5.41) is 18.9. The Balaban J connectivity index is 1.13. The van der Waals surface area contributed by atoms with Crippen LogP contribution in [-0.4, -0.2) is 96.1 Å². The fourth-order valence-corrected chi connectivity index (χ4v) is 5.91. The first-order valence-corrected chi connectivity index (χ1v) is 15.4. The Morgan fingerprint density at radius 2 is 1.80 bits per heavy atom. The Morgan fingerprint density at radius 3 is 2.50 bits per heavy atom. The van der Waals surface area contributed by atoms with Gasteiger partial charge in [0.25, 0.3) is 5.88 Å². The third kappa shape index (κ3) is 8.22. The van der Waals surface area contributed by atoms with E-state index < -0.39 is 12.8 Å². The van der Waals surface area contributed by atoms with E-state index in [0.29, 0.717) is 28.9 Å². The number of nitrogens with one attached hydrogen (secondary N) is 1. The smallest absolute Gasteiger partial charge is 0.422 e. The van der Waals surface area contributed by atoms with E-state index in [0.717, 1.165) is 57.6 Å². The van der Waals surface area contributed by atoms with Crippen LogP contribution < -0.4 is 14.8 Å². The molecular formula is C29H34ClF3N10O3. The number of ether oxygens (including phenoxy) is 3. The monoisotopic (exact) mass is 662 g/mol. The zero-order valence-electron chi connectivity index (χ0n) is 25.1. The van der Waals surface area contributed by atoms with Crippen LogP contribution in [0.5, 0.6) is 11.6 Å². The molecule has 4 heterocycles. The molecule has 246 valence electrons. The van der Waals surface area contributed by atoms with Crippen molar-refractivity contribution < 1.29 is 27.4 Å². The number of morpholine rings is 1. The summed E-state index contributed by atoms with van der Waals surface area (Å²) in [5.41, 5.74) is 1.70. The predicted octanol–water partition coefficient (Wildman–Crippen LogP) is 4.95. The van der Waals surface area contributed by atoms with Gasteiger partial charge in [-0.3, -0.25) is 9.58 Å². The molecule has 4 aromatic rings. The lowest BCUT2D eigenvalue weighted by atomic mass is 9.90. The minimum absolute atomic E-state index is 0.0429. The summed E-state index contributed by atoms with van der Waals surface area (Å²) in [6.07, 6.45) is 5.25. The van der Waals surface area contributed by atoms with Crippen molar-refractivity contribution in [3.8, 4) is 22.8 Å². The second-order valence-electron chi connectivity index (χ2n) is 11.4. The quantitative estimate of drug-likeness (QED) is 0.234. The van der Waals surface area contributed by atoms with Gasteiger partial charge in [-0.1, -0.05) is 17.7 Å². The maximum absolute atomic E-state index is 13.1. The second kappa shape index (κ2) is 14.2. The molecule has 1 aliphatic heterocycles. The largest absolute Gasteiger partial charge is 0.487 e. The number of tetrazole rings is 1. The number of alkyl halides is 3. The topological polar surface area (TPSA) is 130 Å². The molecule has 0 amide bonds. The van der Waals surface area contributed by atoms with E-state index in [-0.39, 0.29) is 29.7 Å². The van der Waals surface area contributed by atoms with Crippen molar-refractivity contribution in [3.63, 3.8) is 0 Å². The first-order chi connectivity index (χ1) is 22.2. The fraction of sp³-hybridized carbons (Fsp3) is 0.517. The van der Waals surface area contributed by atoms with E-state index in [4.69, 9.17) is 25.8 Å². The molecule has 3 aromatic heterocycles. The summed E-state index contributed by atoms with van der Waals surface area (Å²) in [7, 11) is 0. The van der Waals surface area contributed by atoms with E-state index in [1.54, 1.807) is 40.1 Å². The lowest BCUT2D eigenvalue weighted by Crippen LogP contribution is -2.45. The van der Waals surface area contributed by atoms with Gasteiger partial charge in [-0.15, -0.1) is 10.2 Å².